The van der Waals surface area contributed by atoms with Gasteiger partial charge < -0.3 is 10.1 Å². The highest BCUT2D eigenvalue weighted by Crippen LogP contribution is 2.15. The van der Waals surface area contributed by atoms with Gasteiger partial charge in [-0.2, -0.15) is 12.6 Å². The number of rotatable bonds is 6. The third-order valence-electron chi connectivity index (χ3n) is 2.43. The largest absolute Gasteiger partial charge is 0.413 e. The van der Waals surface area contributed by atoms with Crippen molar-refractivity contribution in [3.8, 4) is 5.75 Å². The molecule has 0 aliphatic carbocycles. The number of aryl methyl sites for hydroxylation is 1. The van der Waals surface area contributed by atoms with E-state index in [0.29, 0.717) is 11.1 Å². The number of hydrogen-bond donors (Lipinski definition) is 2. The van der Waals surface area contributed by atoms with Gasteiger partial charge in [0.2, 0.25) is 0 Å². The van der Waals surface area contributed by atoms with Crippen molar-refractivity contribution in [3.63, 3.8) is 0 Å². The summed E-state index contributed by atoms with van der Waals surface area (Å²) in [4.78, 5) is 11.7. The molecule has 0 heterocycles. The lowest BCUT2D eigenvalue weighted by Crippen LogP contribution is -2.39. The number of hydrogen-bond acceptors (Lipinski definition) is 3. The number of thiol groups is 1. The summed E-state index contributed by atoms with van der Waals surface area (Å²) in [6.45, 7) is 2.13. The van der Waals surface area contributed by atoms with Gasteiger partial charge in [-0.05, 0) is 24.1 Å². The van der Waals surface area contributed by atoms with E-state index in [1.165, 1.54) is 5.56 Å². The average molecular weight is 411 g/mol. The lowest BCUT2D eigenvalue weighted by atomic mass is 10.1. The van der Waals surface area contributed by atoms with Gasteiger partial charge in [-0.15, -0.1) is 0 Å². The molecule has 6 heteroatoms. The predicted molar refractivity (Wildman–Crippen MR) is 88.9 cm³/mol. The molecule has 106 valence electrons. The Balaban J connectivity index is 2.48. The lowest BCUT2D eigenvalue weighted by molar-refractivity contribution is 0.199. The highest BCUT2D eigenvalue weighted by atomic mass is 79.9. The Kier molecular flexibility index (Phi) is 7.87. The molecule has 1 N–H and O–H groups in total. The van der Waals surface area contributed by atoms with Crippen LogP contribution in [0.4, 0.5) is 4.79 Å². The molecule has 1 aromatic rings. The molecule has 0 saturated carbocycles. The van der Waals surface area contributed by atoms with Gasteiger partial charge >= 0.3 is 6.09 Å². The average Bonchev–Trinajstić information content (AvgIpc) is 2.40. The standard InChI is InChI=1S/C13H17Br2NO2S/c1-2-3-9-4-6-10(7-5-9)18-13(17)16-12(19)11(15)8-14/h4-7,11-12,19H,2-3,8H2,1H3,(H,16,17). The fourth-order valence-corrected chi connectivity index (χ4v) is 2.45. The molecule has 0 radical (unpaired) electrons. The minimum absolute atomic E-state index is 0.0373. The topological polar surface area (TPSA) is 38.3 Å². The maximum Gasteiger partial charge on any atom is 0.413 e. The van der Waals surface area contributed by atoms with Gasteiger partial charge in [-0.1, -0.05) is 57.3 Å². The Hall–Kier alpha value is -0.200. The highest BCUT2D eigenvalue weighted by molar-refractivity contribution is 9.12. The first-order chi connectivity index (χ1) is 9.06. The summed E-state index contributed by atoms with van der Waals surface area (Å²) < 4.78 is 5.18. The second-order valence-electron chi connectivity index (χ2n) is 4.04. The minimum Gasteiger partial charge on any atom is -0.410 e. The van der Waals surface area contributed by atoms with E-state index in [4.69, 9.17) is 4.74 Å². The van der Waals surface area contributed by atoms with Crippen molar-refractivity contribution in [3.05, 3.63) is 29.8 Å². The SMILES string of the molecule is CCCc1ccc(OC(=O)NC(S)C(Br)CBr)cc1. The molecule has 2 atom stereocenters. The van der Waals surface area contributed by atoms with Gasteiger partial charge in [-0.3, -0.25) is 0 Å². The molecule has 3 nitrogen and oxygen atoms in total. The van der Waals surface area contributed by atoms with Gasteiger partial charge in [0.25, 0.3) is 0 Å². The Morgan fingerprint density at radius 3 is 2.58 bits per heavy atom. The number of ether oxygens (including phenoxy) is 1. The summed E-state index contributed by atoms with van der Waals surface area (Å²) in [5.74, 6) is 0.530. The van der Waals surface area contributed by atoms with E-state index < -0.39 is 6.09 Å². The minimum atomic E-state index is -0.506. The van der Waals surface area contributed by atoms with Gasteiger partial charge in [0.05, 0.1) is 10.2 Å². The number of carbonyl (C=O) groups is 1. The first-order valence-corrected chi connectivity index (χ1v) is 8.57. The Morgan fingerprint density at radius 1 is 1.42 bits per heavy atom. The van der Waals surface area contributed by atoms with E-state index >= 15 is 0 Å². The predicted octanol–water partition coefficient (Wildman–Crippen LogP) is 4.14. The highest BCUT2D eigenvalue weighted by Gasteiger charge is 2.17. The Labute approximate surface area is 136 Å². The van der Waals surface area contributed by atoms with E-state index in [0.717, 1.165) is 12.8 Å². The fraction of sp³-hybridized carbons (Fsp3) is 0.462. The molecular weight excluding hydrogens is 394 g/mol. The third-order valence-corrected chi connectivity index (χ3v) is 5.74. The summed E-state index contributed by atoms with van der Waals surface area (Å²) in [7, 11) is 0. The summed E-state index contributed by atoms with van der Waals surface area (Å²) in [5, 5.41) is 3.02. The number of carbonyl (C=O) groups excluding carboxylic acids is 1. The second-order valence-corrected chi connectivity index (χ2v) is 6.42. The molecule has 0 aliphatic heterocycles. The van der Waals surface area contributed by atoms with Crippen LogP contribution in [0.25, 0.3) is 0 Å². The number of alkyl halides is 2. The van der Waals surface area contributed by atoms with Crippen molar-refractivity contribution >= 4 is 50.6 Å². The third kappa shape index (κ3) is 6.19. The van der Waals surface area contributed by atoms with E-state index in [9.17, 15) is 4.79 Å². The summed E-state index contributed by atoms with van der Waals surface area (Å²) in [5.41, 5.74) is 1.24. The maximum atomic E-state index is 11.6. The normalized spacial score (nSPS) is 13.7. The first kappa shape index (κ1) is 16.9. The van der Waals surface area contributed by atoms with Crippen molar-refractivity contribution in [2.24, 2.45) is 0 Å². The van der Waals surface area contributed by atoms with Crippen LogP contribution in [-0.2, 0) is 6.42 Å². The van der Waals surface area contributed by atoms with Crippen molar-refractivity contribution in [2.45, 2.75) is 30.0 Å². The van der Waals surface area contributed by atoms with E-state index in [2.05, 4.69) is 56.7 Å². The van der Waals surface area contributed by atoms with Crippen LogP contribution >= 0.6 is 44.5 Å². The zero-order chi connectivity index (χ0) is 14.3. The van der Waals surface area contributed by atoms with Crippen LogP contribution in [0.1, 0.15) is 18.9 Å². The quantitative estimate of drug-likeness (QED) is 0.420. The summed E-state index contributed by atoms with van der Waals surface area (Å²) >= 11 is 11.0. The second kappa shape index (κ2) is 8.87. The van der Waals surface area contributed by atoms with Crippen molar-refractivity contribution < 1.29 is 9.53 Å². The van der Waals surface area contributed by atoms with E-state index in [-0.39, 0.29) is 10.2 Å². The molecule has 0 spiro atoms. The molecule has 0 fully saturated rings. The zero-order valence-corrected chi connectivity index (χ0v) is 14.7. The van der Waals surface area contributed by atoms with Gasteiger partial charge in [0.15, 0.2) is 0 Å². The Morgan fingerprint density at radius 2 is 2.05 bits per heavy atom. The van der Waals surface area contributed by atoms with Crippen LogP contribution < -0.4 is 10.1 Å². The molecule has 2 unspecified atom stereocenters. The zero-order valence-electron chi connectivity index (χ0n) is 10.6. The van der Waals surface area contributed by atoms with Gasteiger partial charge in [0.1, 0.15) is 5.75 Å². The lowest BCUT2D eigenvalue weighted by Gasteiger charge is -2.16. The van der Waals surface area contributed by atoms with Crippen LogP contribution in [0.5, 0.6) is 5.75 Å². The number of halogens is 2. The van der Waals surface area contributed by atoms with Crippen molar-refractivity contribution in [2.75, 3.05) is 5.33 Å². The fourth-order valence-electron chi connectivity index (χ4n) is 1.44. The molecule has 1 aromatic carbocycles. The monoisotopic (exact) mass is 409 g/mol. The number of benzene rings is 1. The van der Waals surface area contributed by atoms with Gasteiger partial charge in [-0.25, -0.2) is 4.79 Å². The van der Waals surface area contributed by atoms with Crippen LogP contribution in [0.2, 0.25) is 0 Å². The molecule has 0 aliphatic rings. The number of nitrogens with one attached hydrogen (secondary N) is 1. The molecule has 1 rings (SSSR count). The maximum absolute atomic E-state index is 11.6. The van der Waals surface area contributed by atoms with Crippen LogP contribution in [-0.4, -0.2) is 21.6 Å². The number of amides is 1. The smallest absolute Gasteiger partial charge is 0.410 e. The molecule has 0 aromatic heterocycles. The van der Waals surface area contributed by atoms with Crippen LogP contribution in [0.15, 0.2) is 24.3 Å². The molecule has 0 saturated heterocycles. The van der Waals surface area contributed by atoms with E-state index in [1.807, 2.05) is 12.1 Å². The molecular formula is C13H17Br2NO2S. The Bertz CT molecular complexity index is 400. The molecule has 19 heavy (non-hydrogen) atoms. The molecule has 1 amide bonds. The summed E-state index contributed by atoms with van der Waals surface area (Å²) in [6, 6.07) is 7.54. The van der Waals surface area contributed by atoms with Crippen LogP contribution in [0.3, 0.4) is 0 Å². The summed E-state index contributed by atoms with van der Waals surface area (Å²) in [6.07, 6.45) is 1.62. The van der Waals surface area contributed by atoms with E-state index in [1.54, 1.807) is 12.1 Å². The van der Waals surface area contributed by atoms with Crippen molar-refractivity contribution in [1.29, 1.82) is 0 Å². The van der Waals surface area contributed by atoms with Crippen molar-refractivity contribution in [1.82, 2.24) is 5.32 Å². The first-order valence-electron chi connectivity index (χ1n) is 6.02. The van der Waals surface area contributed by atoms with Crippen LogP contribution in [0, 0.1) is 0 Å². The van der Waals surface area contributed by atoms with Gasteiger partial charge in [0, 0.05) is 5.33 Å². The molecule has 0 bridgehead atoms.